The number of allylic oxidation sites excluding steroid dienone is 8. The van der Waals surface area contributed by atoms with Gasteiger partial charge >= 0.3 is 19.8 Å². The lowest BCUT2D eigenvalue weighted by molar-refractivity contribution is -0.870. The second-order valence-electron chi connectivity index (χ2n) is 14.3. The number of unbranched alkanes of at least 4 members (excludes halogenated alkanes) is 13. The summed E-state index contributed by atoms with van der Waals surface area (Å²) in [5.74, 6) is -0.834. The molecule has 0 aromatic carbocycles. The van der Waals surface area contributed by atoms with Gasteiger partial charge in [-0.2, -0.15) is 0 Å². The summed E-state index contributed by atoms with van der Waals surface area (Å²) in [5, 5.41) is 0. The quantitative estimate of drug-likeness (QED) is 0.0225. The minimum Gasteiger partial charge on any atom is -0.462 e. The first-order valence-electron chi connectivity index (χ1n) is 19.9. The van der Waals surface area contributed by atoms with E-state index < -0.39 is 26.5 Å². The topological polar surface area (TPSA) is 108 Å². The molecule has 0 bridgehead atoms. The number of rotatable bonds is 35. The predicted molar refractivity (Wildman–Crippen MR) is 210 cm³/mol. The molecule has 0 amide bonds. The average molecular weight is 741 g/mol. The number of quaternary nitrogens is 1. The van der Waals surface area contributed by atoms with Gasteiger partial charge in [0.05, 0.1) is 27.7 Å². The smallest absolute Gasteiger partial charge is 0.462 e. The van der Waals surface area contributed by atoms with E-state index >= 15 is 0 Å². The van der Waals surface area contributed by atoms with Crippen LogP contribution in [0.25, 0.3) is 0 Å². The number of hydrogen-bond donors (Lipinski definition) is 1. The number of ether oxygens (including phenoxy) is 2. The van der Waals surface area contributed by atoms with Crippen LogP contribution in [0.15, 0.2) is 48.6 Å². The summed E-state index contributed by atoms with van der Waals surface area (Å²) in [6.07, 6.45) is 37.3. The van der Waals surface area contributed by atoms with E-state index in [0.717, 1.165) is 89.9 Å². The molecule has 0 aromatic rings. The molecule has 2 atom stereocenters. The second kappa shape index (κ2) is 33.8. The zero-order chi connectivity index (χ0) is 37.9. The Morgan fingerprint density at radius 1 is 0.627 bits per heavy atom. The van der Waals surface area contributed by atoms with Crippen LogP contribution in [0.5, 0.6) is 0 Å². The van der Waals surface area contributed by atoms with Gasteiger partial charge in [0.25, 0.3) is 0 Å². The van der Waals surface area contributed by atoms with Gasteiger partial charge in [-0.25, -0.2) is 4.57 Å². The van der Waals surface area contributed by atoms with E-state index in [1.807, 2.05) is 21.1 Å². The number of hydrogen-bond acceptors (Lipinski definition) is 7. The van der Waals surface area contributed by atoms with E-state index in [1.165, 1.54) is 25.7 Å². The number of carbonyl (C=O) groups is 2. The Labute approximate surface area is 312 Å². The van der Waals surface area contributed by atoms with E-state index in [0.29, 0.717) is 17.4 Å². The lowest BCUT2D eigenvalue weighted by atomic mass is 10.1. The maximum absolute atomic E-state index is 12.6. The molecule has 9 nitrogen and oxygen atoms in total. The highest BCUT2D eigenvalue weighted by atomic mass is 31.2. The second-order valence-corrected chi connectivity index (χ2v) is 15.7. The Morgan fingerprint density at radius 3 is 1.69 bits per heavy atom. The molecule has 0 spiro atoms. The molecule has 0 aliphatic rings. The molecule has 0 fully saturated rings. The lowest BCUT2D eigenvalue weighted by Crippen LogP contribution is -2.37. The number of carbonyl (C=O) groups excluding carboxylic acids is 2. The molecule has 0 aliphatic heterocycles. The van der Waals surface area contributed by atoms with E-state index in [1.54, 1.807) is 0 Å². The summed E-state index contributed by atoms with van der Waals surface area (Å²) in [7, 11) is 1.45. The first kappa shape index (κ1) is 49.0. The van der Waals surface area contributed by atoms with Crippen LogP contribution in [0.1, 0.15) is 149 Å². The number of phosphoric acid groups is 1. The van der Waals surface area contributed by atoms with E-state index in [-0.39, 0.29) is 32.0 Å². The summed E-state index contributed by atoms with van der Waals surface area (Å²) in [5.41, 5.74) is 0. The number of nitrogens with zero attached hydrogens (tertiary/aromatic N) is 1. The zero-order valence-corrected chi connectivity index (χ0v) is 34.0. The molecule has 0 saturated heterocycles. The predicted octanol–water partition coefficient (Wildman–Crippen LogP) is 10.7. The average Bonchev–Trinajstić information content (AvgIpc) is 3.07. The van der Waals surface area contributed by atoms with Crippen LogP contribution in [0, 0.1) is 0 Å². The minimum atomic E-state index is -4.38. The molecule has 51 heavy (non-hydrogen) atoms. The molecular formula is C41H75NO8P+. The van der Waals surface area contributed by atoms with Crippen LogP contribution < -0.4 is 0 Å². The van der Waals surface area contributed by atoms with Gasteiger partial charge < -0.3 is 18.9 Å². The van der Waals surface area contributed by atoms with Crippen LogP contribution in [-0.4, -0.2) is 74.9 Å². The number of esters is 2. The van der Waals surface area contributed by atoms with Crippen molar-refractivity contribution in [3.8, 4) is 0 Å². The SMILES string of the molecule is CC/C=C\C/C=C\C/C=C\CCCCCCCC(=O)OC(COC(=O)CCCCCCC/C=C\CCCCC)COP(=O)(O)OCC[N+](C)(C)C. The van der Waals surface area contributed by atoms with Gasteiger partial charge in [-0.15, -0.1) is 0 Å². The van der Waals surface area contributed by atoms with Crippen molar-refractivity contribution >= 4 is 19.8 Å². The fourth-order valence-corrected chi connectivity index (χ4v) is 5.70. The monoisotopic (exact) mass is 741 g/mol. The highest BCUT2D eigenvalue weighted by Crippen LogP contribution is 2.43. The Balaban J connectivity index is 4.47. The molecular weight excluding hydrogens is 665 g/mol. The summed E-state index contributed by atoms with van der Waals surface area (Å²) >= 11 is 0. The van der Waals surface area contributed by atoms with Crippen molar-refractivity contribution in [3.05, 3.63) is 48.6 Å². The number of likely N-dealkylation sites (N-methyl/N-ethyl adjacent to an activating group) is 1. The van der Waals surface area contributed by atoms with Crippen LogP contribution in [0.4, 0.5) is 0 Å². The molecule has 0 aromatic heterocycles. The summed E-state index contributed by atoms with van der Waals surface area (Å²) in [4.78, 5) is 35.2. The zero-order valence-electron chi connectivity index (χ0n) is 33.1. The van der Waals surface area contributed by atoms with Crippen molar-refractivity contribution < 1.29 is 42.1 Å². The van der Waals surface area contributed by atoms with Gasteiger partial charge in [0.15, 0.2) is 6.10 Å². The summed E-state index contributed by atoms with van der Waals surface area (Å²) in [6, 6.07) is 0. The van der Waals surface area contributed by atoms with E-state index in [9.17, 15) is 19.0 Å². The fourth-order valence-electron chi connectivity index (χ4n) is 4.96. The first-order chi connectivity index (χ1) is 24.5. The van der Waals surface area contributed by atoms with Gasteiger partial charge in [0.1, 0.15) is 19.8 Å². The van der Waals surface area contributed by atoms with E-state index in [2.05, 4.69) is 62.5 Å². The Bertz CT molecular complexity index is 1020. The van der Waals surface area contributed by atoms with Crippen molar-refractivity contribution in [3.63, 3.8) is 0 Å². The summed E-state index contributed by atoms with van der Waals surface area (Å²) < 4.78 is 34.2. The molecule has 10 heteroatoms. The largest absolute Gasteiger partial charge is 0.472 e. The standard InChI is InChI=1S/C41H74NO8P/c1-6-8-10-12-14-16-18-20-21-22-24-26-28-30-32-34-41(44)50-39(38-49-51(45,46)48-36-35-42(3,4)5)37-47-40(43)33-31-29-27-25-23-19-17-15-13-11-9-7-2/h8,10,14-17,20-21,39H,6-7,9,11-13,18-19,22-38H2,1-5H3/p+1/b10-8-,16-14-,17-15-,21-20-. The van der Waals surface area contributed by atoms with E-state index in [4.69, 9.17) is 18.5 Å². The normalized spacial score (nSPS) is 14.2. The van der Waals surface area contributed by atoms with Gasteiger partial charge in [0, 0.05) is 12.8 Å². The Hall–Kier alpha value is -2.03. The van der Waals surface area contributed by atoms with Crippen LogP contribution in [-0.2, 0) is 32.7 Å². The third-order valence-corrected chi connectivity index (χ3v) is 9.08. The molecule has 1 N–H and O–H groups in total. The molecule has 2 unspecified atom stereocenters. The minimum absolute atomic E-state index is 0.0251. The summed E-state index contributed by atoms with van der Waals surface area (Å²) in [6.45, 7) is 4.23. The molecule has 0 radical (unpaired) electrons. The van der Waals surface area contributed by atoms with Crippen LogP contribution >= 0.6 is 7.82 Å². The molecule has 0 aliphatic carbocycles. The number of phosphoric ester groups is 1. The molecule has 0 saturated carbocycles. The van der Waals surface area contributed by atoms with Gasteiger partial charge in [-0.05, 0) is 70.6 Å². The Kier molecular flexibility index (Phi) is 32.4. The third kappa shape index (κ3) is 37.5. The van der Waals surface area contributed by atoms with Crippen LogP contribution in [0.2, 0.25) is 0 Å². The fraction of sp³-hybridized carbons (Fsp3) is 0.756. The van der Waals surface area contributed by atoms with Crippen molar-refractivity contribution in [1.29, 1.82) is 0 Å². The van der Waals surface area contributed by atoms with Crippen molar-refractivity contribution in [2.24, 2.45) is 0 Å². The van der Waals surface area contributed by atoms with Gasteiger partial charge in [-0.3, -0.25) is 18.6 Å². The maximum atomic E-state index is 12.6. The maximum Gasteiger partial charge on any atom is 0.472 e. The van der Waals surface area contributed by atoms with Crippen molar-refractivity contribution in [1.82, 2.24) is 0 Å². The van der Waals surface area contributed by atoms with Crippen molar-refractivity contribution in [2.75, 3.05) is 47.5 Å². The molecule has 0 rings (SSSR count). The highest BCUT2D eigenvalue weighted by Gasteiger charge is 2.27. The molecule has 0 heterocycles. The van der Waals surface area contributed by atoms with Gasteiger partial charge in [0.2, 0.25) is 0 Å². The van der Waals surface area contributed by atoms with Gasteiger partial charge in [-0.1, -0.05) is 114 Å². The Morgan fingerprint density at radius 2 is 1.12 bits per heavy atom. The third-order valence-electron chi connectivity index (χ3n) is 8.09. The first-order valence-corrected chi connectivity index (χ1v) is 21.4. The lowest BCUT2D eigenvalue weighted by Gasteiger charge is -2.24. The molecule has 296 valence electrons. The van der Waals surface area contributed by atoms with Crippen molar-refractivity contribution in [2.45, 2.75) is 155 Å². The van der Waals surface area contributed by atoms with Crippen LogP contribution in [0.3, 0.4) is 0 Å². The highest BCUT2D eigenvalue weighted by molar-refractivity contribution is 7.47.